The van der Waals surface area contributed by atoms with Crippen molar-refractivity contribution < 1.29 is 18.7 Å². The highest BCUT2D eigenvalue weighted by molar-refractivity contribution is 6.29. The van der Waals surface area contributed by atoms with Gasteiger partial charge in [-0.3, -0.25) is 0 Å². The van der Waals surface area contributed by atoms with E-state index in [0.717, 1.165) is 6.07 Å². The molecule has 2 N–H and O–H groups in total. The van der Waals surface area contributed by atoms with Gasteiger partial charge in [0, 0.05) is 5.56 Å². The van der Waals surface area contributed by atoms with E-state index in [9.17, 15) is 13.6 Å². The van der Waals surface area contributed by atoms with Gasteiger partial charge in [-0.2, -0.15) is 0 Å². The first-order valence-corrected chi connectivity index (χ1v) is 4.58. The van der Waals surface area contributed by atoms with Gasteiger partial charge < -0.3 is 10.1 Å². The van der Waals surface area contributed by atoms with Crippen LogP contribution in [0, 0.1) is 0 Å². The predicted molar refractivity (Wildman–Crippen MR) is 53.0 cm³/mol. The second-order valence-electron chi connectivity index (χ2n) is 3.06. The zero-order chi connectivity index (χ0) is 11.9. The number of fused-ring (bicyclic) bond motifs is 1. The van der Waals surface area contributed by atoms with Crippen molar-refractivity contribution in [3.8, 4) is 0 Å². The van der Waals surface area contributed by atoms with E-state index in [4.69, 9.17) is 16.7 Å². The second kappa shape index (κ2) is 3.71. The Morgan fingerprint density at radius 2 is 2.19 bits per heavy atom. The molecule has 0 saturated carbocycles. The van der Waals surface area contributed by atoms with Crippen molar-refractivity contribution in [2.75, 3.05) is 0 Å². The first-order valence-electron chi connectivity index (χ1n) is 4.20. The minimum atomic E-state index is -2.87. The lowest BCUT2D eigenvalue weighted by atomic mass is 10.1. The predicted octanol–water partition coefficient (Wildman–Crippen LogP) is 2.85. The molecule has 0 spiro atoms. The van der Waals surface area contributed by atoms with E-state index in [1.807, 2.05) is 0 Å². The molecular formula is C9H5ClF2N2O2. The number of nitrogens with zero attached hydrogens (tertiary/aromatic N) is 1. The summed E-state index contributed by atoms with van der Waals surface area (Å²) >= 11 is 5.54. The van der Waals surface area contributed by atoms with E-state index >= 15 is 0 Å². The number of aromatic amines is 1. The summed E-state index contributed by atoms with van der Waals surface area (Å²) < 4.78 is 25.2. The summed E-state index contributed by atoms with van der Waals surface area (Å²) in [4.78, 5) is 17.2. The lowest BCUT2D eigenvalue weighted by Gasteiger charge is -2.04. The van der Waals surface area contributed by atoms with E-state index in [-0.39, 0.29) is 10.8 Å². The van der Waals surface area contributed by atoms with Crippen LogP contribution in [-0.2, 0) is 0 Å². The Labute approximate surface area is 92.9 Å². The van der Waals surface area contributed by atoms with E-state index in [0.29, 0.717) is 5.52 Å². The average Bonchev–Trinajstić information content (AvgIpc) is 2.55. The average molecular weight is 247 g/mol. The van der Waals surface area contributed by atoms with Crippen LogP contribution in [-0.4, -0.2) is 21.0 Å². The minimum Gasteiger partial charge on any atom is -0.478 e. The molecule has 0 aliphatic rings. The van der Waals surface area contributed by atoms with Gasteiger partial charge in [0.2, 0.25) is 5.28 Å². The molecule has 1 aromatic heterocycles. The summed E-state index contributed by atoms with van der Waals surface area (Å²) in [6.07, 6.45) is -2.87. The molecule has 0 fully saturated rings. The minimum absolute atomic E-state index is 0.0380. The van der Waals surface area contributed by atoms with E-state index in [1.54, 1.807) is 0 Å². The maximum Gasteiger partial charge on any atom is 0.338 e. The molecule has 7 heteroatoms. The Hall–Kier alpha value is -1.69. The molecule has 0 saturated heterocycles. The number of hydrogen-bond acceptors (Lipinski definition) is 2. The Kier molecular flexibility index (Phi) is 2.51. The Bertz CT molecular complexity index is 568. The highest BCUT2D eigenvalue weighted by atomic mass is 35.5. The quantitative estimate of drug-likeness (QED) is 0.856. The Morgan fingerprint density at radius 3 is 2.75 bits per heavy atom. The number of carbonyl (C=O) groups is 1. The van der Waals surface area contributed by atoms with Gasteiger partial charge in [-0.1, -0.05) is 6.07 Å². The third-order valence-corrected chi connectivity index (χ3v) is 2.29. The van der Waals surface area contributed by atoms with E-state index < -0.39 is 23.5 Å². The Morgan fingerprint density at radius 1 is 1.50 bits per heavy atom. The van der Waals surface area contributed by atoms with Crippen LogP contribution in [0.25, 0.3) is 11.0 Å². The lowest BCUT2D eigenvalue weighted by molar-refractivity contribution is 0.0687. The number of aromatic nitrogens is 2. The van der Waals surface area contributed by atoms with Crippen molar-refractivity contribution in [3.05, 3.63) is 28.5 Å². The Balaban J connectivity index is 2.83. The number of benzene rings is 1. The fraction of sp³-hybridized carbons (Fsp3) is 0.111. The van der Waals surface area contributed by atoms with Crippen LogP contribution in [0.2, 0.25) is 5.28 Å². The molecule has 0 radical (unpaired) electrons. The molecule has 1 heterocycles. The monoisotopic (exact) mass is 246 g/mol. The van der Waals surface area contributed by atoms with Crippen LogP contribution in [0.5, 0.6) is 0 Å². The zero-order valence-electron chi connectivity index (χ0n) is 7.67. The van der Waals surface area contributed by atoms with E-state index in [2.05, 4.69) is 9.97 Å². The number of aromatic carboxylic acids is 1. The molecule has 16 heavy (non-hydrogen) atoms. The number of hydrogen-bond donors (Lipinski definition) is 2. The molecule has 0 bridgehead atoms. The van der Waals surface area contributed by atoms with E-state index in [1.165, 1.54) is 6.07 Å². The van der Waals surface area contributed by atoms with Gasteiger partial charge in [0.1, 0.15) is 5.52 Å². The summed E-state index contributed by atoms with van der Waals surface area (Å²) in [5, 5.41) is 8.85. The summed E-state index contributed by atoms with van der Waals surface area (Å²) in [5.41, 5.74) is -0.832. The summed E-state index contributed by atoms with van der Waals surface area (Å²) in [6, 6.07) is 2.37. The SMILES string of the molecule is O=C(O)c1c(C(F)F)ccc2[nH]c(Cl)nc12. The van der Waals surface area contributed by atoms with Gasteiger partial charge in [0.05, 0.1) is 11.1 Å². The third kappa shape index (κ3) is 1.61. The van der Waals surface area contributed by atoms with Crippen LogP contribution in [0.1, 0.15) is 22.3 Å². The molecule has 1 aromatic carbocycles. The molecule has 0 atom stereocenters. The molecular weight excluding hydrogens is 242 g/mol. The van der Waals surface area contributed by atoms with Crippen LogP contribution in [0.3, 0.4) is 0 Å². The standard InChI is InChI=1S/C9H5ClF2N2O2/c10-9-13-4-2-1-3(7(11)12)5(8(15)16)6(4)14-9/h1-2,7H,(H,13,14)(H,15,16). The molecule has 4 nitrogen and oxygen atoms in total. The first-order chi connectivity index (χ1) is 7.50. The van der Waals surface area contributed by atoms with Gasteiger partial charge in [-0.05, 0) is 17.7 Å². The number of H-pyrrole nitrogens is 1. The van der Waals surface area contributed by atoms with Crippen molar-refractivity contribution in [2.45, 2.75) is 6.43 Å². The van der Waals surface area contributed by atoms with Crippen molar-refractivity contribution in [1.82, 2.24) is 9.97 Å². The maximum atomic E-state index is 12.6. The number of rotatable bonds is 2. The van der Waals surface area contributed by atoms with Crippen molar-refractivity contribution >= 4 is 28.6 Å². The van der Waals surface area contributed by atoms with Crippen molar-refractivity contribution in [3.63, 3.8) is 0 Å². The lowest BCUT2D eigenvalue weighted by Crippen LogP contribution is -2.04. The van der Waals surface area contributed by atoms with Crippen LogP contribution in [0.15, 0.2) is 12.1 Å². The zero-order valence-corrected chi connectivity index (χ0v) is 8.42. The second-order valence-corrected chi connectivity index (χ2v) is 3.42. The van der Waals surface area contributed by atoms with Gasteiger partial charge in [-0.25, -0.2) is 18.6 Å². The molecule has 0 aliphatic carbocycles. The highest BCUT2D eigenvalue weighted by Crippen LogP contribution is 2.29. The van der Waals surface area contributed by atoms with Gasteiger partial charge in [0.15, 0.2) is 0 Å². The first kappa shape index (κ1) is 10.8. The number of alkyl halides is 2. The molecule has 0 aliphatic heterocycles. The summed E-state index contributed by atoms with van der Waals surface area (Å²) in [5.74, 6) is -1.45. The number of carboxylic acid groups (broad SMARTS) is 1. The summed E-state index contributed by atoms with van der Waals surface area (Å²) in [6.45, 7) is 0. The van der Waals surface area contributed by atoms with Crippen LogP contribution >= 0.6 is 11.6 Å². The van der Waals surface area contributed by atoms with Gasteiger partial charge >= 0.3 is 5.97 Å². The molecule has 2 rings (SSSR count). The smallest absolute Gasteiger partial charge is 0.338 e. The summed E-state index contributed by atoms with van der Waals surface area (Å²) in [7, 11) is 0. The maximum absolute atomic E-state index is 12.6. The topological polar surface area (TPSA) is 66.0 Å². The van der Waals surface area contributed by atoms with Crippen molar-refractivity contribution in [1.29, 1.82) is 0 Å². The number of carboxylic acids is 1. The molecule has 0 amide bonds. The van der Waals surface area contributed by atoms with Gasteiger partial charge in [0.25, 0.3) is 6.43 Å². The largest absolute Gasteiger partial charge is 0.478 e. The van der Waals surface area contributed by atoms with Crippen LogP contribution < -0.4 is 0 Å². The number of nitrogens with one attached hydrogen (secondary N) is 1. The van der Waals surface area contributed by atoms with Gasteiger partial charge in [-0.15, -0.1) is 0 Å². The van der Waals surface area contributed by atoms with Crippen molar-refractivity contribution in [2.24, 2.45) is 0 Å². The fourth-order valence-electron chi connectivity index (χ4n) is 1.47. The highest BCUT2D eigenvalue weighted by Gasteiger charge is 2.22. The normalized spacial score (nSPS) is 11.2. The number of imidazole rings is 1. The molecule has 0 unspecified atom stereocenters. The van der Waals surface area contributed by atoms with Crippen LogP contribution in [0.4, 0.5) is 8.78 Å². The molecule has 2 aromatic rings. The molecule has 84 valence electrons. The number of halogens is 3. The third-order valence-electron chi connectivity index (χ3n) is 2.11. The fourth-order valence-corrected chi connectivity index (χ4v) is 1.65.